The summed E-state index contributed by atoms with van der Waals surface area (Å²) in [6.07, 6.45) is 1.56. The third kappa shape index (κ3) is 2.85. The first-order chi connectivity index (χ1) is 12.4. The maximum absolute atomic E-state index is 14.5. The molecule has 3 N–H and O–H groups in total. The van der Waals surface area contributed by atoms with E-state index in [0.717, 1.165) is 12.8 Å². The zero-order valence-electron chi connectivity index (χ0n) is 14.2. The second-order valence-electron chi connectivity index (χ2n) is 6.90. The number of hydrogen-bond acceptors (Lipinski definition) is 5. The number of H-pyrrole nitrogens is 1. The van der Waals surface area contributed by atoms with Crippen molar-refractivity contribution in [1.82, 2.24) is 19.6 Å². The van der Waals surface area contributed by atoms with Gasteiger partial charge in [0.25, 0.3) is 5.56 Å². The maximum Gasteiger partial charge on any atom is 0.276 e. The molecule has 1 saturated heterocycles. The molecule has 4 rings (SSSR count). The minimum Gasteiger partial charge on any atom is -0.357 e. The van der Waals surface area contributed by atoms with E-state index in [0.29, 0.717) is 24.7 Å². The van der Waals surface area contributed by atoms with Crippen molar-refractivity contribution < 1.29 is 4.39 Å². The van der Waals surface area contributed by atoms with Crippen molar-refractivity contribution in [3.05, 3.63) is 45.5 Å². The molecule has 0 bridgehead atoms. The Hall–Kier alpha value is -2.45. The van der Waals surface area contributed by atoms with Crippen LogP contribution in [0.4, 0.5) is 10.2 Å². The van der Waals surface area contributed by atoms with Crippen LogP contribution < -0.4 is 16.2 Å². The highest BCUT2D eigenvalue weighted by Crippen LogP contribution is 2.30. The van der Waals surface area contributed by atoms with Gasteiger partial charge < -0.3 is 10.6 Å². The van der Waals surface area contributed by atoms with Gasteiger partial charge in [0.05, 0.1) is 10.6 Å². The molecule has 26 heavy (non-hydrogen) atoms. The van der Waals surface area contributed by atoms with Crippen molar-refractivity contribution in [2.45, 2.75) is 25.3 Å². The van der Waals surface area contributed by atoms with Gasteiger partial charge in [0.1, 0.15) is 5.82 Å². The van der Waals surface area contributed by atoms with E-state index < -0.39 is 5.82 Å². The monoisotopic (exact) mass is 376 g/mol. The number of rotatable bonds is 2. The van der Waals surface area contributed by atoms with Crippen LogP contribution in [0.25, 0.3) is 17.2 Å². The van der Waals surface area contributed by atoms with E-state index in [-0.39, 0.29) is 27.5 Å². The molecule has 3 aromatic rings. The molecule has 1 aliphatic heterocycles. The highest BCUT2D eigenvalue weighted by Gasteiger charge is 2.28. The Bertz CT molecular complexity index is 1030. The summed E-state index contributed by atoms with van der Waals surface area (Å²) in [6, 6.07) is 6.15. The van der Waals surface area contributed by atoms with E-state index in [4.69, 9.17) is 17.3 Å². The first-order valence-corrected chi connectivity index (χ1v) is 8.70. The number of fused-ring (bicyclic) bond motifs is 1. The standard InChI is InChI=1S/C17H18ClFN6O/c1-17(20)5-7-24(8-6-17)13-9-12(26)21-16-23-22-15(25(13)16)10-3-2-4-11(18)14(10)19/h2-4,9H,5-8,20H2,1H3,(H,21,23,26). The number of anilines is 1. The molecular formula is C17H18ClFN6O. The van der Waals surface area contributed by atoms with Gasteiger partial charge in [-0.3, -0.25) is 4.79 Å². The van der Waals surface area contributed by atoms with Gasteiger partial charge in [0.15, 0.2) is 11.6 Å². The zero-order valence-corrected chi connectivity index (χ0v) is 14.9. The summed E-state index contributed by atoms with van der Waals surface area (Å²) in [4.78, 5) is 18.0. The molecule has 0 saturated carbocycles. The molecule has 1 aromatic carbocycles. The normalized spacial score (nSPS) is 17.0. The van der Waals surface area contributed by atoms with Crippen LogP contribution in [0, 0.1) is 5.82 Å². The Kier molecular flexibility index (Phi) is 3.96. The topological polar surface area (TPSA) is 92.3 Å². The van der Waals surface area contributed by atoms with Crippen LogP contribution in [0.1, 0.15) is 19.8 Å². The third-order valence-corrected chi connectivity index (χ3v) is 5.10. The fraction of sp³-hybridized carbons (Fsp3) is 0.353. The molecule has 0 atom stereocenters. The van der Waals surface area contributed by atoms with E-state index in [1.807, 2.05) is 11.8 Å². The largest absolute Gasteiger partial charge is 0.357 e. The molecule has 3 heterocycles. The van der Waals surface area contributed by atoms with Crippen LogP contribution in [0.3, 0.4) is 0 Å². The summed E-state index contributed by atoms with van der Waals surface area (Å²) >= 11 is 5.91. The molecule has 0 unspecified atom stereocenters. The molecule has 7 nitrogen and oxygen atoms in total. The Morgan fingerprint density at radius 2 is 2.08 bits per heavy atom. The van der Waals surface area contributed by atoms with E-state index in [2.05, 4.69) is 15.2 Å². The summed E-state index contributed by atoms with van der Waals surface area (Å²) in [5, 5.41) is 6.90. The Balaban J connectivity index is 1.89. The van der Waals surface area contributed by atoms with Crippen LogP contribution in [-0.4, -0.2) is 38.2 Å². The number of piperidine rings is 1. The highest BCUT2D eigenvalue weighted by molar-refractivity contribution is 6.31. The molecule has 9 heteroatoms. The van der Waals surface area contributed by atoms with Gasteiger partial charge in [-0.15, -0.1) is 0 Å². The molecular weight excluding hydrogens is 359 g/mol. The van der Waals surface area contributed by atoms with Crippen molar-refractivity contribution in [2.24, 2.45) is 5.73 Å². The number of aromatic nitrogens is 4. The van der Waals surface area contributed by atoms with Gasteiger partial charge in [-0.25, -0.2) is 13.9 Å². The minimum absolute atomic E-state index is 0.00563. The lowest BCUT2D eigenvalue weighted by Crippen LogP contribution is -2.48. The number of nitrogens with zero attached hydrogens (tertiary/aromatic N) is 4. The first-order valence-electron chi connectivity index (χ1n) is 8.32. The quantitative estimate of drug-likeness (QED) is 0.715. The first kappa shape index (κ1) is 17.0. The van der Waals surface area contributed by atoms with Crippen LogP contribution in [-0.2, 0) is 0 Å². The zero-order chi connectivity index (χ0) is 18.5. The maximum atomic E-state index is 14.5. The SMILES string of the molecule is CC1(N)CCN(c2cc(=O)nc3[nH]nc(-c4cccc(Cl)c4F)n23)CC1. The van der Waals surface area contributed by atoms with Crippen molar-refractivity contribution in [3.8, 4) is 11.4 Å². The Morgan fingerprint density at radius 3 is 2.81 bits per heavy atom. The van der Waals surface area contributed by atoms with Crippen LogP contribution in [0.15, 0.2) is 29.1 Å². The average Bonchev–Trinajstić information content (AvgIpc) is 3.00. The number of nitrogens with two attached hydrogens (primary N) is 1. The van der Waals surface area contributed by atoms with Gasteiger partial charge in [0, 0.05) is 24.7 Å². The smallest absolute Gasteiger partial charge is 0.276 e. The van der Waals surface area contributed by atoms with E-state index >= 15 is 0 Å². The summed E-state index contributed by atoms with van der Waals surface area (Å²) in [5.74, 6) is 0.602. The Labute approximate surface area is 153 Å². The van der Waals surface area contributed by atoms with Crippen LogP contribution in [0.5, 0.6) is 0 Å². The molecule has 0 spiro atoms. The average molecular weight is 377 g/mol. The van der Waals surface area contributed by atoms with Gasteiger partial charge >= 0.3 is 0 Å². The van der Waals surface area contributed by atoms with Gasteiger partial charge in [-0.05, 0) is 31.9 Å². The fourth-order valence-corrected chi connectivity index (χ4v) is 3.42. The molecule has 1 aliphatic rings. The molecule has 0 aliphatic carbocycles. The lowest BCUT2D eigenvalue weighted by molar-refractivity contribution is 0.362. The number of hydrogen-bond donors (Lipinski definition) is 2. The highest BCUT2D eigenvalue weighted by atomic mass is 35.5. The number of benzene rings is 1. The van der Waals surface area contributed by atoms with Crippen molar-refractivity contribution in [2.75, 3.05) is 18.0 Å². The molecule has 0 radical (unpaired) electrons. The second-order valence-corrected chi connectivity index (χ2v) is 7.31. The number of halogens is 2. The van der Waals surface area contributed by atoms with Crippen molar-refractivity contribution in [1.29, 1.82) is 0 Å². The predicted octanol–water partition coefficient (Wildman–Crippen LogP) is 2.19. The van der Waals surface area contributed by atoms with E-state index in [1.54, 1.807) is 16.5 Å². The summed E-state index contributed by atoms with van der Waals surface area (Å²) < 4.78 is 16.2. The van der Waals surface area contributed by atoms with Crippen molar-refractivity contribution in [3.63, 3.8) is 0 Å². The van der Waals surface area contributed by atoms with Crippen LogP contribution >= 0.6 is 11.6 Å². The van der Waals surface area contributed by atoms with Gasteiger partial charge in [-0.2, -0.15) is 10.1 Å². The third-order valence-electron chi connectivity index (χ3n) is 4.81. The summed E-state index contributed by atoms with van der Waals surface area (Å²) in [7, 11) is 0. The number of aromatic amines is 1. The molecule has 1 fully saturated rings. The summed E-state index contributed by atoms with van der Waals surface area (Å²) in [6.45, 7) is 3.38. The predicted molar refractivity (Wildman–Crippen MR) is 98.1 cm³/mol. The van der Waals surface area contributed by atoms with E-state index in [9.17, 15) is 9.18 Å². The molecule has 136 valence electrons. The second kappa shape index (κ2) is 6.07. The van der Waals surface area contributed by atoms with E-state index in [1.165, 1.54) is 12.1 Å². The Morgan fingerprint density at radius 1 is 1.35 bits per heavy atom. The summed E-state index contributed by atoms with van der Waals surface area (Å²) in [5.41, 5.74) is 5.82. The number of nitrogens with one attached hydrogen (secondary N) is 1. The lowest BCUT2D eigenvalue weighted by Gasteiger charge is -2.38. The lowest BCUT2D eigenvalue weighted by atomic mass is 9.91. The van der Waals surface area contributed by atoms with Gasteiger partial charge in [-0.1, -0.05) is 17.7 Å². The van der Waals surface area contributed by atoms with Gasteiger partial charge in [0.2, 0.25) is 5.78 Å². The minimum atomic E-state index is -0.569. The van der Waals surface area contributed by atoms with Crippen molar-refractivity contribution >= 4 is 23.2 Å². The molecule has 0 amide bonds. The van der Waals surface area contributed by atoms with Crippen LogP contribution in [0.2, 0.25) is 5.02 Å². The fourth-order valence-electron chi connectivity index (χ4n) is 3.24. The molecule has 2 aromatic heterocycles.